The summed E-state index contributed by atoms with van der Waals surface area (Å²) >= 11 is 0. The Morgan fingerprint density at radius 2 is 2.29 bits per heavy atom. The molecule has 2 rings (SSSR count). The molecule has 4 N–H and O–H groups in total. The first-order valence-electron chi connectivity index (χ1n) is 4.77. The van der Waals surface area contributed by atoms with Gasteiger partial charge >= 0.3 is 6.01 Å². The number of carbonyl (C=O) groups is 1. The fraction of sp³-hybridized carbons (Fsp3) is 0.100. The molecule has 0 aliphatic carbocycles. The van der Waals surface area contributed by atoms with E-state index in [1.54, 1.807) is 13.0 Å². The number of nitrogens with zero attached hydrogens (tertiary/aromatic N) is 2. The molecule has 0 fully saturated rings. The second kappa shape index (κ2) is 4.12. The van der Waals surface area contributed by atoms with Gasteiger partial charge in [0.05, 0.1) is 11.3 Å². The Kier molecular flexibility index (Phi) is 2.65. The highest BCUT2D eigenvalue weighted by molar-refractivity contribution is 6.06. The van der Waals surface area contributed by atoms with E-state index in [1.165, 1.54) is 12.1 Å². The minimum Gasteiger partial charge on any atom is -0.505 e. The van der Waals surface area contributed by atoms with Crippen molar-refractivity contribution in [2.45, 2.75) is 6.92 Å². The Hall–Kier alpha value is -2.57. The number of anilines is 2. The van der Waals surface area contributed by atoms with Gasteiger partial charge in [0, 0.05) is 0 Å². The molecule has 0 unspecified atom stereocenters. The van der Waals surface area contributed by atoms with Crippen molar-refractivity contribution in [2.24, 2.45) is 0 Å². The topological polar surface area (TPSA) is 114 Å². The Balaban J connectivity index is 2.23. The zero-order valence-electron chi connectivity index (χ0n) is 8.97. The number of hydrogen-bond donors (Lipinski definition) is 3. The number of rotatable bonds is 2. The lowest BCUT2D eigenvalue weighted by Gasteiger charge is -2.04. The van der Waals surface area contributed by atoms with Crippen molar-refractivity contribution in [3.63, 3.8) is 0 Å². The second-order valence-corrected chi connectivity index (χ2v) is 3.34. The Morgan fingerprint density at radius 1 is 1.53 bits per heavy atom. The van der Waals surface area contributed by atoms with Crippen LogP contribution in [0.5, 0.6) is 5.75 Å². The van der Waals surface area contributed by atoms with Crippen molar-refractivity contribution in [2.75, 3.05) is 11.1 Å². The lowest BCUT2D eigenvalue weighted by atomic mass is 10.1. The van der Waals surface area contributed by atoms with Gasteiger partial charge in [0.15, 0.2) is 11.6 Å². The van der Waals surface area contributed by atoms with E-state index in [0.717, 1.165) is 0 Å². The molecule has 0 spiro atoms. The van der Waals surface area contributed by atoms with Crippen LogP contribution in [0.4, 0.5) is 11.7 Å². The number of nitrogen functional groups attached to an aromatic ring is 1. The smallest absolute Gasteiger partial charge is 0.328 e. The number of benzene rings is 1. The number of nitrogens with one attached hydrogen (secondary N) is 1. The summed E-state index contributed by atoms with van der Waals surface area (Å²) in [7, 11) is 0. The molecule has 1 heterocycles. The number of phenolic OH excluding ortho intramolecular Hbond substituents is 1. The minimum absolute atomic E-state index is 0.0330. The molecule has 88 valence electrons. The molecule has 0 aliphatic rings. The molecule has 0 aliphatic heterocycles. The lowest BCUT2D eigenvalue weighted by Crippen LogP contribution is -2.12. The van der Waals surface area contributed by atoms with Gasteiger partial charge < -0.3 is 15.4 Å². The molecule has 0 bridgehead atoms. The van der Waals surface area contributed by atoms with Crippen LogP contribution in [0.25, 0.3) is 0 Å². The van der Waals surface area contributed by atoms with Gasteiger partial charge in [-0.2, -0.15) is 4.98 Å². The number of carbonyl (C=O) groups excluding carboxylic acids is 1. The molecule has 17 heavy (non-hydrogen) atoms. The maximum Gasteiger partial charge on any atom is 0.328 e. The zero-order chi connectivity index (χ0) is 12.4. The monoisotopic (exact) mass is 234 g/mol. The fourth-order valence-corrected chi connectivity index (χ4v) is 1.26. The molecule has 0 atom stereocenters. The molecule has 1 aromatic carbocycles. The number of aromatic hydroxyl groups is 1. The maximum atomic E-state index is 11.7. The Labute approximate surface area is 96.2 Å². The number of aryl methyl sites for hydroxylation is 1. The molecule has 7 nitrogen and oxygen atoms in total. The number of nitrogens with two attached hydrogens (primary N) is 1. The quantitative estimate of drug-likeness (QED) is 0.525. The number of phenols is 1. The molecule has 7 heteroatoms. The first kappa shape index (κ1) is 10.9. The normalized spacial score (nSPS) is 10.2. The number of para-hydroxylation sites is 1. The van der Waals surface area contributed by atoms with Crippen molar-refractivity contribution in [1.29, 1.82) is 0 Å². The van der Waals surface area contributed by atoms with Gasteiger partial charge in [-0.05, 0) is 19.1 Å². The molecule has 0 saturated carbocycles. The van der Waals surface area contributed by atoms with Crippen LogP contribution in [0, 0.1) is 6.92 Å². The molecule has 1 amide bonds. The summed E-state index contributed by atoms with van der Waals surface area (Å²) in [5.41, 5.74) is 5.64. The lowest BCUT2D eigenvalue weighted by molar-refractivity contribution is 0.102. The third kappa shape index (κ3) is 2.17. The SMILES string of the molecule is Cc1noc(NC(=O)c2cccc(N)c2O)n1. The molecule has 1 aromatic heterocycles. The van der Waals surface area contributed by atoms with Gasteiger partial charge in [-0.25, -0.2) is 0 Å². The van der Waals surface area contributed by atoms with Crippen molar-refractivity contribution in [3.8, 4) is 5.75 Å². The predicted molar refractivity (Wildman–Crippen MR) is 59.5 cm³/mol. The van der Waals surface area contributed by atoms with E-state index >= 15 is 0 Å². The predicted octanol–water partition coefficient (Wildman–Crippen LogP) is 0.918. The average molecular weight is 234 g/mol. The van der Waals surface area contributed by atoms with E-state index in [-0.39, 0.29) is 23.0 Å². The summed E-state index contributed by atoms with van der Waals surface area (Å²) in [4.78, 5) is 15.5. The molecule has 2 aromatic rings. The minimum atomic E-state index is -0.571. The van der Waals surface area contributed by atoms with Crippen LogP contribution in [-0.2, 0) is 0 Å². The van der Waals surface area contributed by atoms with Gasteiger partial charge in [0.25, 0.3) is 5.91 Å². The van der Waals surface area contributed by atoms with E-state index < -0.39 is 5.91 Å². The number of amides is 1. The summed E-state index contributed by atoms with van der Waals surface area (Å²) in [5, 5.41) is 15.5. The number of hydrogen-bond acceptors (Lipinski definition) is 6. The highest BCUT2D eigenvalue weighted by Crippen LogP contribution is 2.24. The highest BCUT2D eigenvalue weighted by Gasteiger charge is 2.15. The van der Waals surface area contributed by atoms with Crippen LogP contribution in [0.1, 0.15) is 16.2 Å². The van der Waals surface area contributed by atoms with E-state index in [0.29, 0.717) is 5.82 Å². The average Bonchev–Trinajstić information content (AvgIpc) is 2.68. The standard InChI is InChI=1S/C10H10N4O3/c1-5-12-10(17-14-5)13-9(16)6-3-2-4-7(11)8(6)15/h2-4,15H,11H2,1H3,(H,12,13,14,16). The molecule has 0 radical (unpaired) electrons. The van der Waals surface area contributed by atoms with Crippen LogP contribution in [-0.4, -0.2) is 21.2 Å². The first-order valence-corrected chi connectivity index (χ1v) is 4.77. The Bertz CT molecular complexity index is 564. The Morgan fingerprint density at radius 3 is 2.94 bits per heavy atom. The van der Waals surface area contributed by atoms with Crippen LogP contribution < -0.4 is 11.1 Å². The van der Waals surface area contributed by atoms with E-state index in [1.807, 2.05) is 0 Å². The van der Waals surface area contributed by atoms with E-state index in [4.69, 9.17) is 10.3 Å². The van der Waals surface area contributed by atoms with Crippen LogP contribution in [0.2, 0.25) is 0 Å². The van der Waals surface area contributed by atoms with Crippen molar-refractivity contribution in [3.05, 3.63) is 29.6 Å². The fourth-order valence-electron chi connectivity index (χ4n) is 1.26. The van der Waals surface area contributed by atoms with Gasteiger partial charge in [-0.15, -0.1) is 0 Å². The molecular formula is C10H10N4O3. The summed E-state index contributed by atoms with van der Waals surface area (Å²) in [6.45, 7) is 1.62. The summed E-state index contributed by atoms with van der Waals surface area (Å²) in [6, 6.07) is 4.45. The van der Waals surface area contributed by atoms with Gasteiger partial charge in [0.2, 0.25) is 0 Å². The summed E-state index contributed by atoms with van der Waals surface area (Å²) in [6.07, 6.45) is 0. The zero-order valence-corrected chi connectivity index (χ0v) is 8.97. The number of aromatic nitrogens is 2. The van der Waals surface area contributed by atoms with E-state index in [9.17, 15) is 9.90 Å². The van der Waals surface area contributed by atoms with Gasteiger partial charge in [0.1, 0.15) is 0 Å². The van der Waals surface area contributed by atoms with Crippen LogP contribution in [0.3, 0.4) is 0 Å². The largest absolute Gasteiger partial charge is 0.505 e. The van der Waals surface area contributed by atoms with Crippen molar-refractivity contribution in [1.82, 2.24) is 10.1 Å². The summed E-state index contributed by atoms with van der Waals surface area (Å²) < 4.78 is 4.72. The van der Waals surface area contributed by atoms with Crippen molar-refractivity contribution >= 4 is 17.6 Å². The van der Waals surface area contributed by atoms with Crippen molar-refractivity contribution < 1.29 is 14.4 Å². The first-order chi connectivity index (χ1) is 8.08. The molecular weight excluding hydrogens is 224 g/mol. The summed E-state index contributed by atoms with van der Waals surface area (Å²) in [5.74, 6) is -0.447. The third-order valence-corrected chi connectivity index (χ3v) is 2.06. The third-order valence-electron chi connectivity index (χ3n) is 2.06. The van der Waals surface area contributed by atoms with E-state index in [2.05, 4.69) is 15.5 Å². The van der Waals surface area contributed by atoms with Crippen LogP contribution in [0.15, 0.2) is 22.7 Å². The highest BCUT2D eigenvalue weighted by atomic mass is 16.5. The van der Waals surface area contributed by atoms with Gasteiger partial charge in [-0.3, -0.25) is 10.1 Å². The molecule has 0 saturated heterocycles. The second-order valence-electron chi connectivity index (χ2n) is 3.34. The van der Waals surface area contributed by atoms with Crippen LogP contribution >= 0.6 is 0 Å². The van der Waals surface area contributed by atoms with Gasteiger partial charge in [-0.1, -0.05) is 11.2 Å². The maximum absolute atomic E-state index is 11.7.